The van der Waals surface area contributed by atoms with Gasteiger partial charge >= 0.3 is 6.03 Å². The number of rotatable bonds is 8. The predicted molar refractivity (Wildman–Crippen MR) is 104 cm³/mol. The minimum atomic E-state index is -0.342. The van der Waals surface area contributed by atoms with E-state index in [0.29, 0.717) is 42.3 Å². The number of amides is 3. The number of hydrogen-bond acceptors (Lipinski definition) is 4. The lowest BCUT2D eigenvalue weighted by Gasteiger charge is -2.10. The summed E-state index contributed by atoms with van der Waals surface area (Å²) in [6.45, 7) is 3.67. The summed E-state index contributed by atoms with van der Waals surface area (Å²) in [4.78, 5) is 24.3. The van der Waals surface area contributed by atoms with Crippen molar-refractivity contribution in [2.75, 3.05) is 30.4 Å². The van der Waals surface area contributed by atoms with E-state index in [0.717, 1.165) is 6.42 Å². The van der Waals surface area contributed by atoms with Crippen molar-refractivity contribution in [2.45, 2.75) is 13.3 Å². The summed E-state index contributed by atoms with van der Waals surface area (Å²) >= 11 is 0. The molecule has 2 aromatic carbocycles. The van der Waals surface area contributed by atoms with Gasteiger partial charge in [-0.2, -0.15) is 5.26 Å². The van der Waals surface area contributed by atoms with Crippen molar-refractivity contribution in [1.29, 1.82) is 5.26 Å². The normalized spacial score (nSPS) is 9.93. The predicted octanol–water partition coefficient (Wildman–Crippen LogP) is 3.36. The third-order valence-electron chi connectivity index (χ3n) is 3.59. The van der Waals surface area contributed by atoms with E-state index in [2.05, 4.69) is 16.0 Å². The molecule has 0 spiro atoms. The Labute approximate surface area is 158 Å². The summed E-state index contributed by atoms with van der Waals surface area (Å²) in [6, 6.07) is 15.0. The number of nitrogens with zero attached hydrogens (tertiary/aromatic N) is 1. The molecule has 0 heterocycles. The number of urea groups is 1. The summed E-state index contributed by atoms with van der Waals surface area (Å²) in [5.74, 6) is -0.328. The van der Waals surface area contributed by atoms with Crippen molar-refractivity contribution in [3.63, 3.8) is 0 Å². The van der Waals surface area contributed by atoms with Crippen LogP contribution >= 0.6 is 0 Å². The fraction of sp³-hybridized carbons (Fsp3) is 0.250. The molecule has 0 atom stereocenters. The monoisotopic (exact) mass is 366 g/mol. The minimum absolute atomic E-state index is 0.328. The fourth-order valence-corrected chi connectivity index (χ4v) is 2.30. The van der Waals surface area contributed by atoms with Crippen LogP contribution in [0, 0.1) is 11.3 Å². The Kier molecular flexibility index (Phi) is 7.82. The van der Waals surface area contributed by atoms with Crippen molar-refractivity contribution >= 4 is 23.3 Å². The molecule has 140 valence electrons. The van der Waals surface area contributed by atoms with Crippen molar-refractivity contribution < 1.29 is 14.3 Å². The maximum atomic E-state index is 12.4. The van der Waals surface area contributed by atoms with E-state index in [1.807, 2.05) is 13.0 Å². The van der Waals surface area contributed by atoms with Crippen LogP contribution in [0.4, 0.5) is 16.2 Å². The number of carbonyl (C=O) groups excluding carboxylic acids is 2. The minimum Gasteiger partial charge on any atom is -0.382 e. The van der Waals surface area contributed by atoms with E-state index in [4.69, 9.17) is 10.00 Å². The topological polar surface area (TPSA) is 103 Å². The highest BCUT2D eigenvalue weighted by atomic mass is 16.5. The second-order valence-electron chi connectivity index (χ2n) is 5.66. The SMILES string of the molecule is CCOCCCNC(=O)Nc1cccc(C(=O)Nc2cccc(C#N)c2)c1. The van der Waals surface area contributed by atoms with Crippen LogP contribution in [-0.4, -0.2) is 31.7 Å². The Morgan fingerprint density at radius 1 is 1.07 bits per heavy atom. The number of nitrogens with one attached hydrogen (secondary N) is 3. The standard InChI is InChI=1S/C20H22N4O3/c1-2-27-11-5-10-22-20(26)24-18-9-4-7-16(13-18)19(25)23-17-8-3-6-15(12-17)14-21/h3-4,6-9,12-13H,2,5,10-11H2,1H3,(H,23,25)(H2,22,24,26). The number of carbonyl (C=O) groups is 2. The highest BCUT2D eigenvalue weighted by Gasteiger charge is 2.09. The Morgan fingerprint density at radius 2 is 1.81 bits per heavy atom. The van der Waals surface area contributed by atoms with Crippen LogP contribution < -0.4 is 16.0 Å². The van der Waals surface area contributed by atoms with Crippen LogP contribution in [0.15, 0.2) is 48.5 Å². The van der Waals surface area contributed by atoms with Gasteiger partial charge in [0.25, 0.3) is 5.91 Å². The Bertz CT molecular complexity index is 830. The van der Waals surface area contributed by atoms with E-state index in [9.17, 15) is 9.59 Å². The lowest BCUT2D eigenvalue weighted by molar-refractivity contribution is 0.102. The van der Waals surface area contributed by atoms with Gasteiger partial charge in [-0.05, 0) is 49.7 Å². The average molecular weight is 366 g/mol. The first kappa shape index (κ1) is 19.9. The van der Waals surface area contributed by atoms with E-state index < -0.39 is 0 Å². The van der Waals surface area contributed by atoms with E-state index in [1.165, 1.54) is 0 Å². The first-order chi connectivity index (χ1) is 13.1. The van der Waals surface area contributed by atoms with Crippen LogP contribution in [0.3, 0.4) is 0 Å². The van der Waals surface area contributed by atoms with Crippen molar-refractivity contribution in [3.05, 3.63) is 59.7 Å². The van der Waals surface area contributed by atoms with Crippen molar-refractivity contribution in [3.8, 4) is 6.07 Å². The third-order valence-corrected chi connectivity index (χ3v) is 3.59. The number of ether oxygens (including phenoxy) is 1. The van der Waals surface area contributed by atoms with E-state index in [1.54, 1.807) is 48.5 Å². The van der Waals surface area contributed by atoms with Gasteiger partial charge in [0.2, 0.25) is 0 Å². The van der Waals surface area contributed by atoms with Gasteiger partial charge in [0.15, 0.2) is 0 Å². The molecule has 0 saturated carbocycles. The second kappa shape index (κ2) is 10.6. The summed E-state index contributed by atoms with van der Waals surface area (Å²) < 4.78 is 5.21. The maximum absolute atomic E-state index is 12.4. The molecule has 3 N–H and O–H groups in total. The van der Waals surface area contributed by atoms with Gasteiger partial charge in [-0.15, -0.1) is 0 Å². The second-order valence-corrected chi connectivity index (χ2v) is 5.66. The van der Waals surface area contributed by atoms with E-state index in [-0.39, 0.29) is 11.9 Å². The number of nitriles is 1. The smallest absolute Gasteiger partial charge is 0.319 e. The molecule has 0 unspecified atom stereocenters. The molecule has 2 aromatic rings. The molecule has 7 nitrogen and oxygen atoms in total. The zero-order valence-corrected chi connectivity index (χ0v) is 15.1. The molecule has 0 saturated heterocycles. The van der Waals surface area contributed by atoms with Crippen LogP contribution in [-0.2, 0) is 4.74 Å². The molecule has 0 fully saturated rings. The maximum Gasteiger partial charge on any atom is 0.319 e. The zero-order valence-electron chi connectivity index (χ0n) is 15.1. The molecule has 2 rings (SSSR count). The third kappa shape index (κ3) is 6.80. The van der Waals surface area contributed by atoms with Crippen molar-refractivity contribution in [1.82, 2.24) is 5.32 Å². The average Bonchev–Trinajstić information content (AvgIpc) is 2.68. The molecule has 0 radical (unpaired) electrons. The fourth-order valence-electron chi connectivity index (χ4n) is 2.30. The van der Waals surface area contributed by atoms with Gasteiger partial charge in [-0.25, -0.2) is 4.79 Å². The molecule has 3 amide bonds. The van der Waals surface area contributed by atoms with Crippen LogP contribution in [0.2, 0.25) is 0 Å². The van der Waals surface area contributed by atoms with Crippen LogP contribution in [0.5, 0.6) is 0 Å². The number of anilines is 2. The first-order valence-electron chi connectivity index (χ1n) is 8.66. The molecular formula is C20H22N4O3. The quantitative estimate of drug-likeness (QED) is 0.623. The van der Waals surface area contributed by atoms with Crippen molar-refractivity contribution in [2.24, 2.45) is 0 Å². The molecular weight excluding hydrogens is 344 g/mol. The lowest BCUT2D eigenvalue weighted by atomic mass is 10.1. The van der Waals surface area contributed by atoms with Gasteiger partial charge in [0, 0.05) is 36.7 Å². The Morgan fingerprint density at radius 3 is 2.56 bits per heavy atom. The Hall–Kier alpha value is -3.37. The zero-order chi connectivity index (χ0) is 19.5. The molecule has 0 aliphatic rings. The molecule has 27 heavy (non-hydrogen) atoms. The van der Waals surface area contributed by atoms with Gasteiger partial charge in [-0.1, -0.05) is 12.1 Å². The molecule has 0 aliphatic heterocycles. The lowest BCUT2D eigenvalue weighted by Crippen LogP contribution is -2.30. The number of hydrogen-bond donors (Lipinski definition) is 3. The summed E-state index contributed by atoms with van der Waals surface area (Å²) in [5, 5.41) is 17.1. The van der Waals surface area contributed by atoms with Gasteiger partial charge < -0.3 is 20.7 Å². The van der Waals surface area contributed by atoms with Gasteiger partial charge in [0.05, 0.1) is 11.6 Å². The van der Waals surface area contributed by atoms with E-state index >= 15 is 0 Å². The molecule has 0 aliphatic carbocycles. The van der Waals surface area contributed by atoms with Gasteiger partial charge in [0.1, 0.15) is 0 Å². The molecule has 0 aromatic heterocycles. The number of benzene rings is 2. The highest BCUT2D eigenvalue weighted by molar-refractivity contribution is 6.05. The van der Waals surface area contributed by atoms with Crippen LogP contribution in [0.1, 0.15) is 29.3 Å². The Balaban J connectivity index is 1.91. The van der Waals surface area contributed by atoms with Crippen LogP contribution in [0.25, 0.3) is 0 Å². The largest absolute Gasteiger partial charge is 0.382 e. The first-order valence-corrected chi connectivity index (χ1v) is 8.66. The summed E-state index contributed by atoms with van der Waals surface area (Å²) in [5.41, 5.74) is 1.90. The molecule has 0 bridgehead atoms. The summed E-state index contributed by atoms with van der Waals surface area (Å²) in [7, 11) is 0. The van der Waals surface area contributed by atoms with Gasteiger partial charge in [-0.3, -0.25) is 4.79 Å². The highest BCUT2D eigenvalue weighted by Crippen LogP contribution is 2.14. The molecule has 7 heteroatoms. The summed E-state index contributed by atoms with van der Waals surface area (Å²) in [6.07, 6.45) is 0.728.